The summed E-state index contributed by atoms with van der Waals surface area (Å²) in [5.41, 5.74) is 0.404. The molecule has 270 valence electrons. The zero-order valence-corrected chi connectivity index (χ0v) is 29.0. The Bertz CT molecular complexity index is 1800. The van der Waals surface area contributed by atoms with E-state index in [9.17, 15) is 14.4 Å². The number of aliphatic hydroxyl groups excluding tert-OH is 1. The van der Waals surface area contributed by atoms with Crippen LogP contribution < -0.4 is 20.7 Å². The molecule has 5 rings (SSSR count). The molecular weight excluding hydrogens is 656 g/mol. The van der Waals surface area contributed by atoms with Crippen molar-refractivity contribution >= 4 is 6.16 Å². The number of aromatic amines is 1. The van der Waals surface area contributed by atoms with Crippen LogP contribution >= 0.6 is 0 Å². The minimum atomic E-state index is -1.18. The molecule has 3 aromatic carbocycles. The molecule has 1 aromatic heterocycles. The third-order valence-electron chi connectivity index (χ3n) is 8.76. The van der Waals surface area contributed by atoms with Gasteiger partial charge in [-0.3, -0.25) is 14.3 Å². The predicted molar refractivity (Wildman–Crippen MR) is 189 cm³/mol. The molecule has 0 aliphatic carbocycles. The number of ether oxygens (including phenoxy) is 6. The molecule has 0 bridgehead atoms. The van der Waals surface area contributed by atoms with E-state index in [1.54, 1.807) is 27.2 Å². The first-order chi connectivity index (χ1) is 24.8. The number of unbranched alkanes of at least 4 members (excludes halogenated alkanes) is 2. The number of rotatable bonds is 16. The second kappa shape index (κ2) is 17.7. The summed E-state index contributed by atoms with van der Waals surface area (Å²) in [7, 11) is 3.20. The van der Waals surface area contributed by atoms with Crippen molar-refractivity contribution in [2.75, 3.05) is 34.0 Å². The normalized spacial score (nSPS) is 17.4. The van der Waals surface area contributed by atoms with E-state index in [1.807, 2.05) is 84.9 Å². The molecule has 1 fully saturated rings. The fourth-order valence-corrected chi connectivity index (χ4v) is 6.06. The molecule has 2 heterocycles. The first-order valence-corrected chi connectivity index (χ1v) is 16.8. The maximum atomic E-state index is 12.9. The summed E-state index contributed by atoms with van der Waals surface area (Å²) in [6.45, 7) is 1.64. The lowest BCUT2D eigenvalue weighted by molar-refractivity contribution is -0.0993. The van der Waals surface area contributed by atoms with Gasteiger partial charge < -0.3 is 33.5 Å². The quantitative estimate of drug-likeness (QED) is 0.0674. The molecule has 1 aliphatic heterocycles. The van der Waals surface area contributed by atoms with Crippen LogP contribution in [0, 0.1) is 6.92 Å². The second-order valence-corrected chi connectivity index (χ2v) is 12.1. The average Bonchev–Trinajstić information content (AvgIpc) is 3.55. The Morgan fingerprint density at radius 2 is 1.55 bits per heavy atom. The summed E-state index contributed by atoms with van der Waals surface area (Å²) < 4.78 is 36.7. The first-order valence-electron chi connectivity index (χ1n) is 16.8. The van der Waals surface area contributed by atoms with Gasteiger partial charge in [-0.05, 0) is 67.1 Å². The number of nitrogens with one attached hydrogen (secondary N) is 1. The Morgan fingerprint density at radius 1 is 0.922 bits per heavy atom. The number of hydrogen-bond acceptors (Lipinski definition) is 10. The van der Waals surface area contributed by atoms with Crippen LogP contribution in [0.5, 0.6) is 11.5 Å². The second-order valence-electron chi connectivity index (χ2n) is 12.1. The summed E-state index contributed by atoms with van der Waals surface area (Å²) >= 11 is 0. The highest BCUT2D eigenvalue weighted by molar-refractivity contribution is 5.60. The standard InChI is InChI=1S/C39H44N2O10/c1-27-25-41(37(44)40-36(27)43)35-24-33(51-38(45)48-23-11-6-4-5-10-22-42)34(50-35)26-49-39(28-12-8-7-9-13-28,29-14-18-31(46-2)19-15-29)30-16-20-32(47-3)21-17-30/h6-9,11-21,25,33-35,42H,4-5,10,22-24,26H2,1-3H3,(H,40,43,44)/b11-6+/t33-,34+,35+/m0/s1. The topological polar surface area (TPSA) is 148 Å². The van der Waals surface area contributed by atoms with Gasteiger partial charge in [0.15, 0.2) is 0 Å². The van der Waals surface area contributed by atoms with Crippen LogP contribution in [0.4, 0.5) is 4.79 Å². The molecule has 2 N–H and O–H groups in total. The maximum absolute atomic E-state index is 12.9. The average molecular weight is 701 g/mol. The molecule has 0 spiro atoms. The van der Waals surface area contributed by atoms with Crippen LogP contribution in [-0.2, 0) is 24.5 Å². The van der Waals surface area contributed by atoms with Crippen LogP contribution in [0.3, 0.4) is 0 Å². The maximum Gasteiger partial charge on any atom is 0.508 e. The summed E-state index contributed by atoms with van der Waals surface area (Å²) in [6.07, 6.45) is 3.86. The van der Waals surface area contributed by atoms with Gasteiger partial charge in [-0.25, -0.2) is 9.59 Å². The Kier molecular flexibility index (Phi) is 12.8. The van der Waals surface area contributed by atoms with Crippen molar-refractivity contribution in [1.82, 2.24) is 9.55 Å². The zero-order valence-electron chi connectivity index (χ0n) is 29.0. The van der Waals surface area contributed by atoms with Gasteiger partial charge in [-0.2, -0.15) is 0 Å². The van der Waals surface area contributed by atoms with Crippen LogP contribution in [0.1, 0.15) is 54.2 Å². The molecule has 1 saturated heterocycles. The summed E-state index contributed by atoms with van der Waals surface area (Å²) in [6, 6.07) is 24.9. The van der Waals surface area contributed by atoms with Gasteiger partial charge in [0.1, 0.15) is 42.1 Å². The minimum absolute atomic E-state index is 0.000757. The minimum Gasteiger partial charge on any atom is -0.497 e. The molecule has 0 unspecified atom stereocenters. The van der Waals surface area contributed by atoms with Crippen molar-refractivity contribution in [3.63, 3.8) is 0 Å². The number of methoxy groups -OCH3 is 2. The molecule has 12 nitrogen and oxygen atoms in total. The Labute approximate surface area is 296 Å². The molecule has 12 heteroatoms. The van der Waals surface area contributed by atoms with Crippen molar-refractivity contribution in [2.45, 2.75) is 56.6 Å². The lowest BCUT2D eigenvalue weighted by Crippen LogP contribution is -2.39. The highest BCUT2D eigenvalue weighted by Crippen LogP contribution is 2.43. The van der Waals surface area contributed by atoms with Crippen LogP contribution in [0.15, 0.2) is 107 Å². The molecule has 4 aromatic rings. The fourth-order valence-electron chi connectivity index (χ4n) is 6.06. The van der Waals surface area contributed by atoms with E-state index >= 15 is 0 Å². The third kappa shape index (κ3) is 8.95. The van der Waals surface area contributed by atoms with E-state index in [-0.39, 0.29) is 26.2 Å². The Morgan fingerprint density at radius 3 is 2.16 bits per heavy atom. The van der Waals surface area contributed by atoms with Crippen LogP contribution in [0.2, 0.25) is 0 Å². The molecule has 51 heavy (non-hydrogen) atoms. The predicted octanol–water partition coefficient (Wildman–Crippen LogP) is 5.40. The van der Waals surface area contributed by atoms with Gasteiger partial charge in [0.05, 0.1) is 20.8 Å². The SMILES string of the molecule is COc1ccc(C(OC[C@H]2O[C@@H](n3cc(C)c(=O)[nH]c3=O)C[C@@H]2OC(=O)OC/C=C/CCCCO)(c2ccccc2)c2ccc(OC)cc2)cc1. The van der Waals surface area contributed by atoms with Gasteiger partial charge in [0, 0.05) is 24.8 Å². The summed E-state index contributed by atoms with van der Waals surface area (Å²) in [5.74, 6) is 1.34. The summed E-state index contributed by atoms with van der Waals surface area (Å²) in [4.78, 5) is 40.3. The molecule has 0 amide bonds. The number of allylic oxidation sites excluding steroid dienone is 1. The van der Waals surface area contributed by atoms with Gasteiger partial charge >= 0.3 is 11.8 Å². The van der Waals surface area contributed by atoms with Gasteiger partial charge in [-0.15, -0.1) is 0 Å². The zero-order chi connectivity index (χ0) is 36.2. The van der Waals surface area contributed by atoms with Gasteiger partial charge in [-0.1, -0.05) is 66.7 Å². The fraction of sp³-hybridized carbons (Fsp3) is 0.359. The van der Waals surface area contributed by atoms with E-state index < -0.39 is 41.4 Å². The number of aryl methyl sites for hydroxylation is 1. The Balaban J connectivity index is 1.48. The van der Waals surface area contributed by atoms with E-state index in [2.05, 4.69) is 4.98 Å². The highest BCUT2D eigenvalue weighted by Gasteiger charge is 2.44. The molecule has 1 aliphatic rings. The number of aliphatic hydroxyl groups is 1. The van der Waals surface area contributed by atoms with Gasteiger partial charge in [0.2, 0.25) is 0 Å². The first kappa shape index (κ1) is 37.1. The van der Waals surface area contributed by atoms with E-state index in [1.165, 1.54) is 10.8 Å². The summed E-state index contributed by atoms with van der Waals surface area (Å²) in [5, 5.41) is 8.95. The lowest BCUT2D eigenvalue weighted by atomic mass is 9.80. The number of aromatic nitrogens is 2. The van der Waals surface area contributed by atoms with E-state index in [0.29, 0.717) is 23.5 Å². The van der Waals surface area contributed by atoms with Crippen molar-refractivity contribution in [3.05, 3.63) is 140 Å². The van der Waals surface area contributed by atoms with E-state index in [4.69, 9.17) is 33.5 Å². The molecular formula is C39H44N2O10. The number of hydrogen-bond donors (Lipinski definition) is 2. The largest absolute Gasteiger partial charge is 0.508 e. The number of benzene rings is 3. The molecule has 3 atom stereocenters. The monoisotopic (exact) mass is 700 g/mol. The van der Waals surface area contributed by atoms with Crippen molar-refractivity contribution < 1.29 is 38.3 Å². The molecule has 0 saturated carbocycles. The number of carbonyl (C=O) groups excluding carboxylic acids is 1. The Hall–Kier alpha value is -5.17. The smallest absolute Gasteiger partial charge is 0.497 e. The van der Waals surface area contributed by atoms with Crippen LogP contribution in [0.25, 0.3) is 0 Å². The van der Waals surface area contributed by atoms with Crippen molar-refractivity contribution in [3.8, 4) is 11.5 Å². The highest BCUT2D eigenvalue weighted by atomic mass is 16.7. The third-order valence-corrected chi connectivity index (χ3v) is 8.76. The van der Waals surface area contributed by atoms with Crippen molar-refractivity contribution in [2.24, 2.45) is 0 Å². The van der Waals surface area contributed by atoms with Crippen molar-refractivity contribution in [1.29, 1.82) is 0 Å². The lowest BCUT2D eigenvalue weighted by Gasteiger charge is -2.37. The number of carbonyl (C=O) groups is 1. The van der Waals surface area contributed by atoms with Crippen LogP contribution in [-0.4, -0.2) is 67.1 Å². The number of nitrogens with zero attached hydrogens (tertiary/aromatic N) is 1. The van der Waals surface area contributed by atoms with E-state index in [0.717, 1.165) is 29.5 Å². The molecule has 0 radical (unpaired) electrons. The van der Waals surface area contributed by atoms with Gasteiger partial charge in [0.25, 0.3) is 5.56 Å². The number of H-pyrrole nitrogens is 1.